The van der Waals surface area contributed by atoms with Gasteiger partial charge >= 0.3 is 0 Å². The molecule has 1 aromatic carbocycles. The predicted octanol–water partition coefficient (Wildman–Crippen LogP) is 3.38. The molecule has 4 heteroatoms. The zero-order valence-corrected chi connectivity index (χ0v) is 9.81. The smallest absolute Gasteiger partial charge is 0.0467 e. The maximum atomic E-state index is 5.79. The molecule has 0 heterocycles. The van der Waals surface area contributed by atoms with Crippen LogP contribution in [0.1, 0.15) is 0 Å². The Kier molecular flexibility index (Phi) is 4.84. The van der Waals surface area contributed by atoms with Crippen LogP contribution in [0.4, 0.5) is 5.69 Å². The molecule has 0 saturated carbocycles. The summed E-state index contributed by atoms with van der Waals surface area (Å²) >= 11 is 9.40. The van der Waals surface area contributed by atoms with Crippen molar-refractivity contribution in [2.75, 3.05) is 23.5 Å². The Labute approximate surface area is 92.4 Å². The maximum absolute atomic E-state index is 5.79. The lowest BCUT2D eigenvalue weighted by molar-refractivity contribution is 1.44. The van der Waals surface area contributed by atoms with Gasteiger partial charge < -0.3 is 5.73 Å². The molecule has 0 spiro atoms. The van der Waals surface area contributed by atoms with Gasteiger partial charge in [-0.05, 0) is 24.5 Å². The number of hydrogen-bond acceptors (Lipinski definition) is 3. The van der Waals surface area contributed by atoms with E-state index < -0.39 is 0 Å². The summed E-state index contributed by atoms with van der Waals surface area (Å²) in [4.78, 5) is 1.12. The summed E-state index contributed by atoms with van der Waals surface area (Å²) in [5, 5.41) is 0.701. The Balaban J connectivity index is 2.56. The third kappa shape index (κ3) is 3.71. The topological polar surface area (TPSA) is 26.0 Å². The summed E-state index contributed by atoms with van der Waals surface area (Å²) in [6.45, 7) is 0. The first-order chi connectivity index (χ1) is 6.24. The van der Waals surface area contributed by atoms with Crippen LogP contribution in [0.15, 0.2) is 23.1 Å². The molecule has 0 radical (unpaired) electrons. The molecular weight excluding hydrogens is 222 g/mol. The van der Waals surface area contributed by atoms with Crippen LogP contribution in [0.5, 0.6) is 0 Å². The van der Waals surface area contributed by atoms with Gasteiger partial charge in [0.2, 0.25) is 0 Å². The van der Waals surface area contributed by atoms with E-state index in [9.17, 15) is 0 Å². The second-order valence-electron chi connectivity index (χ2n) is 2.52. The lowest BCUT2D eigenvalue weighted by Gasteiger charge is -2.04. The minimum Gasteiger partial charge on any atom is -0.398 e. The molecule has 13 heavy (non-hydrogen) atoms. The Morgan fingerprint density at radius 2 is 2.15 bits per heavy atom. The maximum Gasteiger partial charge on any atom is 0.0467 e. The second-order valence-corrected chi connectivity index (χ2v) is 5.08. The van der Waals surface area contributed by atoms with Crippen LogP contribution < -0.4 is 5.73 Å². The van der Waals surface area contributed by atoms with Crippen molar-refractivity contribution < 1.29 is 0 Å². The third-order valence-electron chi connectivity index (χ3n) is 1.52. The van der Waals surface area contributed by atoms with E-state index in [1.54, 1.807) is 17.8 Å². The lowest BCUT2D eigenvalue weighted by atomic mass is 10.3. The van der Waals surface area contributed by atoms with Crippen molar-refractivity contribution in [3.05, 3.63) is 23.2 Å². The Morgan fingerprint density at radius 1 is 1.38 bits per heavy atom. The standard InChI is InChI=1S/C9H12ClNS2/c1-12-4-5-13-9-3-2-7(10)6-8(9)11/h2-3,6H,4-5,11H2,1H3. The normalized spacial score (nSPS) is 10.3. The van der Waals surface area contributed by atoms with Crippen molar-refractivity contribution in [2.45, 2.75) is 4.90 Å². The van der Waals surface area contributed by atoms with E-state index in [0.29, 0.717) is 5.02 Å². The van der Waals surface area contributed by atoms with E-state index in [1.807, 2.05) is 23.9 Å². The van der Waals surface area contributed by atoms with Crippen LogP contribution in [-0.4, -0.2) is 17.8 Å². The van der Waals surface area contributed by atoms with Crippen molar-refractivity contribution in [1.82, 2.24) is 0 Å². The third-order valence-corrected chi connectivity index (χ3v) is 3.71. The number of anilines is 1. The molecule has 0 fully saturated rings. The number of rotatable bonds is 4. The van der Waals surface area contributed by atoms with Gasteiger partial charge in [-0.2, -0.15) is 11.8 Å². The van der Waals surface area contributed by atoms with Crippen molar-refractivity contribution in [3.63, 3.8) is 0 Å². The monoisotopic (exact) mass is 233 g/mol. The number of benzene rings is 1. The highest BCUT2D eigenvalue weighted by Gasteiger charge is 1.99. The number of halogens is 1. The van der Waals surface area contributed by atoms with Crippen LogP contribution in [0.2, 0.25) is 5.02 Å². The molecule has 1 rings (SSSR count). The highest BCUT2D eigenvalue weighted by molar-refractivity contribution is 8.02. The summed E-state index contributed by atoms with van der Waals surface area (Å²) in [6, 6.07) is 5.64. The molecule has 1 nitrogen and oxygen atoms in total. The molecule has 0 aliphatic carbocycles. The highest BCUT2D eigenvalue weighted by Crippen LogP contribution is 2.27. The zero-order valence-electron chi connectivity index (χ0n) is 7.42. The summed E-state index contributed by atoms with van der Waals surface area (Å²) in [7, 11) is 0. The first-order valence-corrected chi connectivity index (χ1v) is 6.66. The van der Waals surface area contributed by atoms with Gasteiger partial charge in [0.1, 0.15) is 0 Å². The minimum absolute atomic E-state index is 0.701. The van der Waals surface area contributed by atoms with E-state index in [0.717, 1.165) is 22.1 Å². The molecule has 0 bridgehead atoms. The summed E-state index contributed by atoms with van der Waals surface area (Å²) in [6.07, 6.45) is 2.10. The van der Waals surface area contributed by atoms with E-state index in [-0.39, 0.29) is 0 Å². The van der Waals surface area contributed by atoms with Crippen molar-refractivity contribution in [2.24, 2.45) is 0 Å². The Hall–Kier alpha value is 0.01000. The fraction of sp³-hybridized carbons (Fsp3) is 0.333. The number of thioether (sulfide) groups is 2. The van der Waals surface area contributed by atoms with Crippen molar-refractivity contribution >= 4 is 40.8 Å². The molecule has 1 aromatic rings. The van der Waals surface area contributed by atoms with Gasteiger partial charge in [0, 0.05) is 27.1 Å². The largest absolute Gasteiger partial charge is 0.398 e. The Bertz CT molecular complexity index is 278. The van der Waals surface area contributed by atoms with Crippen LogP contribution in [0, 0.1) is 0 Å². The molecule has 0 aliphatic heterocycles. The molecule has 0 amide bonds. The molecule has 0 unspecified atom stereocenters. The van der Waals surface area contributed by atoms with Gasteiger partial charge in [-0.15, -0.1) is 11.8 Å². The average Bonchev–Trinajstić information content (AvgIpc) is 2.09. The van der Waals surface area contributed by atoms with Gasteiger partial charge in [-0.3, -0.25) is 0 Å². The van der Waals surface area contributed by atoms with Gasteiger partial charge in [-0.25, -0.2) is 0 Å². The molecule has 72 valence electrons. The highest BCUT2D eigenvalue weighted by atomic mass is 35.5. The van der Waals surface area contributed by atoms with E-state index in [1.165, 1.54) is 0 Å². The first kappa shape index (κ1) is 11.1. The molecule has 0 atom stereocenters. The first-order valence-electron chi connectivity index (χ1n) is 3.91. The molecule has 2 N–H and O–H groups in total. The van der Waals surface area contributed by atoms with Crippen molar-refractivity contribution in [1.29, 1.82) is 0 Å². The predicted molar refractivity (Wildman–Crippen MR) is 65.0 cm³/mol. The van der Waals surface area contributed by atoms with E-state index in [4.69, 9.17) is 17.3 Å². The van der Waals surface area contributed by atoms with Gasteiger partial charge in [0.25, 0.3) is 0 Å². The number of nitrogen functional groups attached to an aromatic ring is 1. The molecule has 0 aromatic heterocycles. The van der Waals surface area contributed by atoms with Crippen LogP contribution in [0.3, 0.4) is 0 Å². The number of nitrogens with two attached hydrogens (primary N) is 1. The van der Waals surface area contributed by atoms with Crippen LogP contribution in [0.25, 0.3) is 0 Å². The van der Waals surface area contributed by atoms with E-state index >= 15 is 0 Å². The zero-order chi connectivity index (χ0) is 9.68. The number of hydrogen-bond donors (Lipinski definition) is 1. The molecule has 0 aliphatic rings. The second kappa shape index (κ2) is 5.68. The van der Waals surface area contributed by atoms with Crippen LogP contribution >= 0.6 is 35.1 Å². The Morgan fingerprint density at radius 3 is 2.77 bits per heavy atom. The summed E-state index contributed by atoms with van der Waals surface area (Å²) in [5.41, 5.74) is 6.57. The lowest BCUT2D eigenvalue weighted by Crippen LogP contribution is -1.90. The van der Waals surface area contributed by atoms with Gasteiger partial charge in [0.15, 0.2) is 0 Å². The molecular formula is C9H12ClNS2. The SMILES string of the molecule is CSCCSc1ccc(Cl)cc1N. The fourth-order valence-electron chi connectivity index (χ4n) is 0.886. The van der Waals surface area contributed by atoms with Gasteiger partial charge in [-0.1, -0.05) is 11.6 Å². The summed E-state index contributed by atoms with van der Waals surface area (Å²) < 4.78 is 0. The summed E-state index contributed by atoms with van der Waals surface area (Å²) in [5.74, 6) is 2.24. The molecule has 0 saturated heterocycles. The fourth-order valence-corrected chi connectivity index (χ4v) is 2.68. The van der Waals surface area contributed by atoms with Crippen molar-refractivity contribution in [3.8, 4) is 0 Å². The van der Waals surface area contributed by atoms with E-state index in [2.05, 4.69) is 6.26 Å². The quantitative estimate of drug-likeness (QED) is 0.491. The van der Waals surface area contributed by atoms with Crippen LogP contribution in [-0.2, 0) is 0 Å². The van der Waals surface area contributed by atoms with Gasteiger partial charge in [0.05, 0.1) is 0 Å². The minimum atomic E-state index is 0.701. The average molecular weight is 234 g/mol.